The first-order valence-electron chi connectivity index (χ1n) is 5.09. The third kappa shape index (κ3) is 3.01. The highest BCUT2D eigenvalue weighted by atomic mass is 16.4. The average molecular weight is 229 g/mol. The highest BCUT2D eigenvalue weighted by molar-refractivity contribution is 5.86. The smallest absolute Gasteiger partial charge is 0.354 e. The predicted octanol–water partition coefficient (Wildman–Crippen LogP) is 1.79. The first kappa shape index (κ1) is 11.1. The van der Waals surface area contributed by atoms with Gasteiger partial charge < -0.3 is 10.4 Å². The summed E-state index contributed by atoms with van der Waals surface area (Å²) in [6.07, 6.45) is 3.18. The van der Waals surface area contributed by atoms with Gasteiger partial charge >= 0.3 is 5.97 Å². The minimum absolute atomic E-state index is 0.0241. The lowest BCUT2D eigenvalue weighted by molar-refractivity contribution is 0.0690. The Bertz CT molecular complexity index is 514. The fourth-order valence-corrected chi connectivity index (χ4v) is 1.35. The monoisotopic (exact) mass is 229 g/mol. The molecular weight excluding hydrogens is 218 g/mol. The van der Waals surface area contributed by atoms with Crippen LogP contribution in [0.1, 0.15) is 16.2 Å². The number of nitrogens with zero attached hydrogens (tertiary/aromatic N) is 2. The SMILES string of the molecule is O=C(O)c1cc(NCc2ccccn2)ccn1. The molecule has 2 rings (SSSR count). The largest absolute Gasteiger partial charge is 0.477 e. The van der Waals surface area contributed by atoms with Gasteiger partial charge in [-0.2, -0.15) is 0 Å². The number of hydrogen-bond acceptors (Lipinski definition) is 4. The maximum Gasteiger partial charge on any atom is 0.354 e. The van der Waals surface area contributed by atoms with E-state index in [-0.39, 0.29) is 5.69 Å². The standard InChI is InChI=1S/C12H11N3O2/c16-12(17)11-7-9(4-6-14-11)15-8-10-3-1-2-5-13-10/h1-7H,8H2,(H,14,15)(H,16,17). The van der Waals surface area contributed by atoms with E-state index in [4.69, 9.17) is 5.11 Å². The molecule has 2 aromatic heterocycles. The zero-order valence-corrected chi connectivity index (χ0v) is 9.00. The van der Waals surface area contributed by atoms with Crippen LogP contribution in [0.4, 0.5) is 5.69 Å². The van der Waals surface area contributed by atoms with Gasteiger partial charge in [-0.25, -0.2) is 9.78 Å². The molecule has 0 radical (unpaired) electrons. The van der Waals surface area contributed by atoms with Crippen molar-refractivity contribution in [2.24, 2.45) is 0 Å². The van der Waals surface area contributed by atoms with Crippen molar-refractivity contribution < 1.29 is 9.90 Å². The molecule has 2 N–H and O–H groups in total. The number of anilines is 1. The highest BCUT2D eigenvalue weighted by Gasteiger charge is 2.04. The zero-order chi connectivity index (χ0) is 12.1. The lowest BCUT2D eigenvalue weighted by Gasteiger charge is -2.05. The molecule has 0 aliphatic heterocycles. The topological polar surface area (TPSA) is 75.1 Å². The molecular formula is C12H11N3O2. The van der Waals surface area contributed by atoms with Crippen LogP contribution in [-0.2, 0) is 6.54 Å². The third-order valence-corrected chi connectivity index (χ3v) is 2.18. The molecule has 0 aliphatic carbocycles. The second-order valence-corrected chi connectivity index (χ2v) is 3.41. The minimum atomic E-state index is -1.04. The summed E-state index contributed by atoms with van der Waals surface area (Å²) < 4.78 is 0. The van der Waals surface area contributed by atoms with E-state index < -0.39 is 5.97 Å². The maximum absolute atomic E-state index is 10.7. The van der Waals surface area contributed by atoms with E-state index in [9.17, 15) is 4.79 Å². The van der Waals surface area contributed by atoms with Gasteiger partial charge in [0.2, 0.25) is 0 Å². The van der Waals surface area contributed by atoms with Gasteiger partial charge in [0, 0.05) is 18.1 Å². The van der Waals surface area contributed by atoms with E-state index in [0.29, 0.717) is 12.2 Å². The second kappa shape index (κ2) is 5.07. The Morgan fingerprint density at radius 2 is 2.12 bits per heavy atom. The number of carbonyl (C=O) groups is 1. The lowest BCUT2D eigenvalue weighted by Crippen LogP contribution is -2.04. The summed E-state index contributed by atoms with van der Waals surface area (Å²) in [6.45, 7) is 0.546. The van der Waals surface area contributed by atoms with Crippen molar-refractivity contribution in [3.63, 3.8) is 0 Å². The molecule has 0 bridgehead atoms. The highest BCUT2D eigenvalue weighted by Crippen LogP contribution is 2.09. The summed E-state index contributed by atoms with van der Waals surface area (Å²) in [4.78, 5) is 18.6. The van der Waals surface area contributed by atoms with Gasteiger partial charge in [0.05, 0.1) is 12.2 Å². The number of pyridine rings is 2. The fourth-order valence-electron chi connectivity index (χ4n) is 1.35. The van der Waals surface area contributed by atoms with Crippen LogP contribution in [0.3, 0.4) is 0 Å². The predicted molar refractivity (Wildman–Crippen MR) is 62.8 cm³/mol. The van der Waals surface area contributed by atoms with Gasteiger partial charge in [0.1, 0.15) is 5.69 Å². The molecule has 0 unspecified atom stereocenters. The minimum Gasteiger partial charge on any atom is -0.477 e. The van der Waals surface area contributed by atoms with E-state index in [1.807, 2.05) is 18.2 Å². The van der Waals surface area contributed by atoms with Crippen molar-refractivity contribution in [2.45, 2.75) is 6.54 Å². The number of hydrogen-bond donors (Lipinski definition) is 2. The molecule has 0 spiro atoms. The number of carboxylic acid groups (broad SMARTS) is 1. The van der Waals surface area contributed by atoms with Crippen molar-refractivity contribution >= 4 is 11.7 Å². The Balaban J connectivity index is 2.04. The Morgan fingerprint density at radius 3 is 2.82 bits per heavy atom. The van der Waals surface area contributed by atoms with E-state index in [1.54, 1.807) is 12.3 Å². The molecule has 0 fully saturated rings. The molecule has 2 aromatic rings. The fraction of sp³-hybridized carbons (Fsp3) is 0.0833. The van der Waals surface area contributed by atoms with Crippen LogP contribution in [0.2, 0.25) is 0 Å². The van der Waals surface area contributed by atoms with Gasteiger partial charge in [-0.05, 0) is 24.3 Å². The number of aromatic nitrogens is 2. The molecule has 0 atom stereocenters. The van der Waals surface area contributed by atoms with Crippen LogP contribution in [0.5, 0.6) is 0 Å². The summed E-state index contributed by atoms with van der Waals surface area (Å²) in [5, 5.41) is 11.9. The first-order valence-corrected chi connectivity index (χ1v) is 5.09. The Morgan fingerprint density at radius 1 is 1.24 bits per heavy atom. The van der Waals surface area contributed by atoms with Gasteiger partial charge in [0.25, 0.3) is 0 Å². The molecule has 86 valence electrons. The summed E-state index contributed by atoms with van der Waals surface area (Å²) in [7, 11) is 0. The molecule has 5 heteroatoms. The molecule has 0 aromatic carbocycles. The molecule has 0 amide bonds. The summed E-state index contributed by atoms with van der Waals surface area (Å²) in [5.74, 6) is -1.04. The normalized spacial score (nSPS) is 9.88. The summed E-state index contributed by atoms with van der Waals surface area (Å²) in [5.41, 5.74) is 1.63. The van der Waals surface area contributed by atoms with E-state index in [1.165, 1.54) is 12.3 Å². The summed E-state index contributed by atoms with van der Waals surface area (Å²) >= 11 is 0. The van der Waals surface area contributed by atoms with Gasteiger partial charge in [-0.15, -0.1) is 0 Å². The quantitative estimate of drug-likeness (QED) is 0.835. The Labute approximate surface area is 98.2 Å². The van der Waals surface area contributed by atoms with Crippen LogP contribution < -0.4 is 5.32 Å². The third-order valence-electron chi connectivity index (χ3n) is 2.18. The van der Waals surface area contributed by atoms with Crippen molar-refractivity contribution in [1.82, 2.24) is 9.97 Å². The molecule has 0 saturated heterocycles. The van der Waals surface area contributed by atoms with E-state index in [0.717, 1.165) is 5.69 Å². The van der Waals surface area contributed by atoms with Gasteiger partial charge in [-0.1, -0.05) is 6.07 Å². The van der Waals surface area contributed by atoms with Gasteiger partial charge in [-0.3, -0.25) is 4.98 Å². The van der Waals surface area contributed by atoms with E-state index >= 15 is 0 Å². The molecule has 0 aliphatic rings. The van der Waals surface area contributed by atoms with Crippen LogP contribution in [0.15, 0.2) is 42.7 Å². The summed E-state index contributed by atoms with van der Waals surface area (Å²) in [6, 6.07) is 8.85. The number of carboxylic acids is 1. The van der Waals surface area contributed by atoms with Crippen molar-refractivity contribution in [3.05, 3.63) is 54.1 Å². The average Bonchev–Trinajstić information content (AvgIpc) is 2.38. The van der Waals surface area contributed by atoms with Crippen LogP contribution >= 0.6 is 0 Å². The number of nitrogens with one attached hydrogen (secondary N) is 1. The molecule has 2 heterocycles. The van der Waals surface area contributed by atoms with E-state index in [2.05, 4.69) is 15.3 Å². The van der Waals surface area contributed by atoms with Crippen LogP contribution in [0, 0.1) is 0 Å². The molecule has 0 saturated carbocycles. The number of aromatic carboxylic acids is 1. The van der Waals surface area contributed by atoms with Crippen molar-refractivity contribution in [1.29, 1.82) is 0 Å². The van der Waals surface area contributed by atoms with Crippen LogP contribution in [-0.4, -0.2) is 21.0 Å². The number of rotatable bonds is 4. The first-order chi connectivity index (χ1) is 8.25. The zero-order valence-electron chi connectivity index (χ0n) is 9.00. The lowest BCUT2D eigenvalue weighted by atomic mass is 10.3. The van der Waals surface area contributed by atoms with Crippen molar-refractivity contribution in [3.8, 4) is 0 Å². The Hall–Kier alpha value is -2.43. The van der Waals surface area contributed by atoms with Crippen molar-refractivity contribution in [2.75, 3.05) is 5.32 Å². The maximum atomic E-state index is 10.7. The Kier molecular flexibility index (Phi) is 3.30. The molecule has 17 heavy (non-hydrogen) atoms. The molecule has 5 nitrogen and oxygen atoms in total. The van der Waals surface area contributed by atoms with Gasteiger partial charge in [0.15, 0.2) is 0 Å². The van der Waals surface area contributed by atoms with Crippen LogP contribution in [0.25, 0.3) is 0 Å². The second-order valence-electron chi connectivity index (χ2n) is 3.41.